The first kappa shape index (κ1) is 22.9. The van der Waals surface area contributed by atoms with Crippen molar-refractivity contribution < 1.29 is 32.2 Å². The summed E-state index contributed by atoms with van der Waals surface area (Å²) in [6.45, 7) is 0.0321. The fraction of sp³-hybridized carbons (Fsp3) is 0.318. The molecule has 1 amide bonds. The fourth-order valence-corrected chi connectivity index (χ4v) is 2.69. The normalized spacial score (nSPS) is 10.6. The van der Waals surface area contributed by atoms with Crippen LogP contribution in [0.15, 0.2) is 36.4 Å². The molecule has 0 bridgehead atoms. The quantitative estimate of drug-likeness (QED) is 0.691. The summed E-state index contributed by atoms with van der Waals surface area (Å²) in [5.74, 6) is 6.51. The first-order valence-corrected chi connectivity index (χ1v) is 9.00. The Morgan fingerprint density at radius 2 is 1.70 bits per heavy atom. The number of hydrogen-bond donors (Lipinski definition) is 1. The van der Waals surface area contributed by atoms with Crippen LogP contribution in [0.5, 0.6) is 17.2 Å². The van der Waals surface area contributed by atoms with Crippen molar-refractivity contribution in [1.29, 1.82) is 0 Å². The Kier molecular flexibility index (Phi) is 7.98. The van der Waals surface area contributed by atoms with Gasteiger partial charge in [-0.05, 0) is 42.3 Å². The number of ether oxygens (including phenoxy) is 3. The highest BCUT2D eigenvalue weighted by molar-refractivity contribution is 5.76. The van der Waals surface area contributed by atoms with Crippen molar-refractivity contribution in [3.8, 4) is 29.1 Å². The lowest BCUT2D eigenvalue weighted by atomic mass is 10.1. The molecule has 0 saturated heterocycles. The van der Waals surface area contributed by atoms with Crippen LogP contribution < -0.4 is 19.5 Å². The van der Waals surface area contributed by atoms with Crippen LogP contribution in [0.4, 0.5) is 13.2 Å². The molecule has 0 fully saturated rings. The summed E-state index contributed by atoms with van der Waals surface area (Å²) < 4.78 is 53.9. The number of carbonyl (C=O) groups is 1. The smallest absolute Gasteiger partial charge is 0.416 e. The fourth-order valence-electron chi connectivity index (χ4n) is 2.69. The average Bonchev–Trinajstić information content (AvgIpc) is 2.74. The zero-order valence-electron chi connectivity index (χ0n) is 16.9. The molecule has 2 aromatic rings. The Morgan fingerprint density at radius 1 is 1.03 bits per heavy atom. The van der Waals surface area contributed by atoms with Crippen molar-refractivity contribution >= 4 is 5.91 Å². The van der Waals surface area contributed by atoms with Crippen LogP contribution in [0, 0.1) is 11.8 Å². The number of aryl methyl sites for hydroxylation is 1. The summed E-state index contributed by atoms with van der Waals surface area (Å²) in [6.07, 6.45) is -3.79. The molecule has 160 valence electrons. The first-order chi connectivity index (χ1) is 14.3. The molecule has 5 nitrogen and oxygen atoms in total. The summed E-state index contributed by atoms with van der Waals surface area (Å²) in [7, 11) is 4.53. The van der Waals surface area contributed by atoms with Crippen LogP contribution in [-0.2, 0) is 17.4 Å². The predicted molar refractivity (Wildman–Crippen MR) is 106 cm³/mol. The van der Waals surface area contributed by atoms with E-state index in [0.717, 1.165) is 17.7 Å². The van der Waals surface area contributed by atoms with Crippen LogP contribution in [0.1, 0.15) is 23.1 Å². The van der Waals surface area contributed by atoms with Gasteiger partial charge in [-0.3, -0.25) is 4.79 Å². The van der Waals surface area contributed by atoms with Crippen molar-refractivity contribution in [2.45, 2.75) is 19.0 Å². The maximum Gasteiger partial charge on any atom is 0.416 e. The zero-order chi connectivity index (χ0) is 22.1. The van der Waals surface area contributed by atoms with Crippen molar-refractivity contribution in [3.05, 3.63) is 53.1 Å². The van der Waals surface area contributed by atoms with Crippen molar-refractivity contribution in [1.82, 2.24) is 5.32 Å². The molecule has 0 aliphatic heterocycles. The standard InChI is InChI=1S/C22H22F3NO4/c1-28-18-13-16(14-19(29-2)21(18)30-3)9-10-20(27)26-11-5-7-15-6-4-8-17(12-15)22(23,24)25/h4,6,8,12-14H,9-11H2,1-3H3,(H,26,27). The second-order valence-electron chi connectivity index (χ2n) is 6.19. The van der Waals surface area contributed by atoms with Gasteiger partial charge in [0.15, 0.2) is 11.5 Å². The van der Waals surface area contributed by atoms with E-state index >= 15 is 0 Å². The number of methoxy groups -OCH3 is 3. The molecule has 0 heterocycles. The van der Waals surface area contributed by atoms with Gasteiger partial charge >= 0.3 is 6.18 Å². The largest absolute Gasteiger partial charge is 0.493 e. The summed E-state index contributed by atoms with van der Waals surface area (Å²) in [4.78, 5) is 12.0. The minimum Gasteiger partial charge on any atom is -0.493 e. The number of amides is 1. The molecule has 30 heavy (non-hydrogen) atoms. The van der Waals surface area contributed by atoms with E-state index in [1.165, 1.54) is 33.5 Å². The Balaban J connectivity index is 1.91. The van der Waals surface area contributed by atoms with Gasteiger partial charge in [0, 0.05) is 12.0 Å². The molecule has 0 radical (unpaired) electrons. The topological polar surface area (TPSA) is 56.8 Å². The Hall–Kier alpha value is -3.34. The Labute approximate surface area is 173 Å². The second-order valence-corrected chi connectivity index (χ2v) is 6.19. The third-order valence-electron chi connectivity index (χ3n) is 4.16. The zero-order valence-corrected chi connectivity index (χ0v) is 16.9. The highest BCUT2D eigenvalue weighted by atomic mass is 19.4. The van der Waals surface area contributed by atoms with Gasteiger partial charge in [0.05, 0.1) is 33.4 Å². The molecule has 0 aliphatic carbocycles. The molecule has 2 rings (SSSR count). The van der Waals surface area contributed by atoms with Crippen molar-refractivity contribution in [2.75, 3.05) is 27.9 Å². The van der Waals surface area contributed by atoms with E-state index in [9.17, 15) is 18.0 Å². The van der Waals surface area contributed by atoms with Crippen LogP contribution >= 0.6 is 0 Å². The SMILES string of the molecule is COc1cc(CCC(=O)NCC#Cc2cccc(C(F)(F)F)c2)cc(OC)c1OC. The average molecular weight is 421 g/mol. The molecule has 0 unspecified atom stereocenters. The molecule has 0 aliphatic rings. The number of rotatable bonds is 7. The van der Waals surface area contributed by atoms with Gasteiger partial charge in [0.1, 0.15) is 0 Å². The lowest BCUT2D eigenvalue weighted by Gasteiger charge is -2.14. The van der Waals surface area contributed by atoms with Crippen LogP contribution in [-0.4, -0.2) is 33.8 Å². The lowest BCUT2D eigenvalue weighted by molar-refractivity contribution is -0.137. The van der Waals surface area contributed by atoms with E-state index < -0.39 is 11.7 Å². The first-order valence-electron chi connectivity index (χ1n) is 9.00. The third-order valence-corrected chi connectivity index (χ3v) is 4.16. The number of benzene rings is 2. The highest BCUT2D eigenvalue weighted by Crippen LogP contribution is 2.38. The predicted octanol–water partition coefficient (Wildman–Crippen LogP) is 3.83. The van der Waals surface area contributed by atoms with Gasteiger partial charge in [-0.15, -0.1) is 0 Å². The van der Waals surface area contributed by atoms with Crippen LogP contribution in [0.25, 0.3) is 0 Å². The summed E-state index contributed by atoms with van der Waals surface area (Å²) in [6, 6.07) is 8.26. The number of nitrogens with one attached hydrogen (secondary N) is 1. The maximum atomic E-state index is 12.7. The molecule has 0 atom stereocenters. The van der Waals surface area contributed by atoms with E-state index in [-0.39, 0.29) is 24.4 Å². The van der Waals surface area contributed by atoms with E-state index in [1.54, 1.807) is 12.1 Å². The van der Waals surface area contributed by atoms with Gasteiger partial charge in [-0.1, -0.05) is 17.9 Å². The molecule has 2 aromatic carbocycles. The third kappa shape index (κ3) is 6.34. The minimum atomic E-state index is -4.42. The Bertz CT molecular complexity index is 920. The minimum absolute atomic E-state index is 0.0321. The molecule has 0 saturated carbocycles. The van der Waals surface area contributed by atoms with E-state index in [4.69, 9.17) is 14.2 Å². The molecular formula is C22H22F3NO4. The number of halogens is 3. The van der Waals surface area contributed by atoms with E-state index in [2.05, 4.69) is 17.2 Å². The summed E-state index contributed by atoms with van der Waals surface area (Å²) in [5.41, 5.74) is 0.301. The number of alkyl halides is 3. The summed E-state index contributed by atoms with van der Waals surface area (Å²) in [5, 5.41) is 2.63. The van der Waals surface area contributed by atoms with Gasteiger partial charge in [-0.25, -0.2) is 0 Å². The van der Waals surface area contributed by atoms with Gasteiger partial charge in [0.2, 0.25) is 11.7 Å². The lowest BCUT2D eigenvalue weighted by Crippen LogP contribution is -2.23. The Morgan fingerprint density at radius 3 is 2.27 bits per heavy atom. The molecular weight excluding hydrogens is 399 g/mol. The van der Waals surface area contributed by atoms with Gasteiger partial charge < -0.3 is 19.5 Å². The molecule has 1 N–H and O–H groups in total. The summed E-state index contributed by atoms with van der Waals surface area (Å²) >= 11 is 0. The van der Waals surface area contributed by atoms with Crippen LogP contribution in [0.2, 0.25) is 0 Å². The number of hydrogen-bond acceptors (Lipinski definition) is 4. The second kappa shape index (κ2) is 10.4. The molecule has 0 spiro atoms. The van der Waals surface area contributed by atoms with Crippen molar-refractivity contribution in [3.63, 3.8) is 0 Å². The maximum absolute atomic E-state index is 12.7. The van der Waals surface area contributed by atoms with E-state index in [0.29, 0.717) is 23.7 Å². The molecule has 0 aromatic heterocycles. The van der Waals surface area contributed by atoms with Gasteiger partial charge in [0.25, 0.3) is 0 Å². The van der Waals surface area contributed by atoms with Crippen LogP contribution in [0.3, 0.4) is 0 Å². The van der Waals surface area contributed by atoms with E-state index in [1.807, 2.05) is 0 Å². The van der Waals surface area contributed by atoms with Gasteiger partial charge in [-0.2, -0.15) is 13.2 Å². The monoisotopic (exact) mass is 421 g/mol. The highest BCUT2D eigenvalue weighted by Gasteiger charge is 2.30. The number of carbonyl (C=O) groups excluding carboxylic acids is 1. The van der Waals surface area contributed by atoms with Crippen molar-refractivity contribution in [2.24, 2.45) is 0 Å². The molecule has 8 heteroatoms.